The number of aromatic nitrogens is 1. The monoisotopic (exact) mass is 298 g/mol. The third-order valence-electron chi connectivity index (χ3n) is 4.39. The molecule has 0 radical (unpaired) electrons. The predicted octanol–water partition coefficient (Wildman–Crippen LogP) is 3.53. The van der Waals surface area contributed by atoms with Crippen LogP contribution in [-0.2, 0) is 17.8 Å². The highest BCUT2D eigenvalue weighted by Crippen LogP contribution is 2.28. The molecule has 22 heavy (non-hydrogen) atoms. The minimum atomic E-state index is 0.216. The van der Waals surface area contributed by atoms with Gasteiger partial charge in [0.2, 0.25) is 5.91 Å². The molecule has 1 aliphatic heterocycles. The molecule has 4 nitrogen and oxygen atoms in total. The van der Waals surface area contributed by atoms with Gasteiger partial charge in [0, 0.05) is 19.0 Å². The lowest BCUT2D eigenvalue weighted by Crippen LogP contribution is -2.29. The first-order valence-electron chi connectivity index (χ1n) is 8.03. The first-order valence-corrected chi connectivity index (χ1v) is 8.03. The highest BCUT2D eigenvalue weighted by molar-refractivity contribution is 5.76. The fourth-order valence-corrected chi connectivity index (χ4v) is 3.05. The van der Waals surface area contributed by atoms with E-state index in [9.17, 15) is 4.79 Å². The highest BCUT2D eigenvalue weighted by atomic mass is 16.5. The van der Waals surface area contributed by atoms with E-state index in [-0.39, 0.29) is 5.91 Å². The quantitative estimate of drug-likeness (QED) is 0.867. The van der Waals surface area contributed by atoms with E-state index in [0.717, 1.165) is 37.3 Å². The fourth-order valence-electron chi connectivity index (χ4n) is 3.05. The second kappa shape index (κ2) is 6.77. The lowest BCUT2D eigenvalue weighted by molar-refractivity contribution is -0.131. The van der Waals surface area contributed by atoms with Gasteiger partial charge in [0.25, 0.3) is 0 Å². The standard InChI is InChI=1S/C18H22N2O2/c1-2-16-12-17(22-19-16)13-20-11-10-15(8-9-18(20)21)14-6-4-3-5-7-14/h3-7,12,15H,2,8-11,13H2,1H3. The average Bonchev–Trinajstić information content (AvgIpc) is 2.94. The summed E-state index contributed by atoms with van der Waals surface area (Å²) in [5, 5.41) is 4.00. The number of aryl methyl sites for hydroxylation is 1. The molecule has 1 fully saturated rings. The maximum Gasteiger partial charge on any atom is 0.222 e. The Morgan fingerprint density at radius 2 is 2.09 bits per heavy atom. The lowest BCUT2D eigenvalue weighted by atomic mass is 9.92. The van der Waals surface area contributed by atoms with Crippen LogP contribution in [0.2, 0.25) is 0 Å². The molecule has 0 saturated carbocycles. The Balaban J connectivity index is 1.65. The molecular weight excluding hydrogens is 276 g/mol. The summed E-state index contributed by atoms with van der Waals surface area (Å²) in [6, 6.07) is 12.4. The summed E-state index contributed by atoms with van der Waals surface area (Å²) in [4.78, 5) is 14.2. The molecule has 0 N–H and O–H groups in total. The minimum Gasteiger partial charge on any atom is -0.359 e. The molecule has 1 aromatic carbocycles. The topological polar surface area (TPSA) is 46.3 Å². The Hall–Kier alpha value is -2.10. The van der Waals surface area contributed by atoms with Crippen molar-refractivity contribution in [3.63, 3.8) is 0 Å². The van der Waals surface area contributed by atoms with Crippen LogP contribution < -0.4 is 0 Å². The minimum absolute atomic E-state index is 0.216. The van der Waals surface area contributed by atoms with E-state index >= 15 is 0 Å². The van der Waals surface area contributed by atoms with Crippen molar-refractivity contribution in [3.8, 4) is 0 Å². The zero-order valence-electron chi connectivity index (χ0n) is 13.0. The summed E-state index contributed by atoms with van der Waals surface area (Å²) in [5.41, 5.74) is 2.28. The smallest absolute Gasteiger partial charge is 0.222 e. The molecule has 1 aromatic heterocycles. The third kappa shape index (κ3) is 3.38. The molecule has 0 aliphatic carbocycles. The van der Waals surface area contributed by atoms with Crippen molar-refractivity contribution < 1.29 is 9.32 Å². The summed E-state index contributed by atoms with van der Waals surface area (Å²) in [6.45, 7) is 3.36. The Morgan fingerprint density at radius 3 is 2.82 bits per heavy atom. The van der Waals surface area contributed by atoms with E-state index in [1.807, 2.05) is 24.0 Å². The van der Waals surface area contributed by atoms with Gasteiger partial charge in [0.1, 0.15) is 0 Å². The molecular formula is C18H22N2O2. The zero-order chi connectivity index (χ0) is 15.4. The first kappa shape index (κ1) is 14.8. The first-order chi connectivity index (χ1) is 10.8. The Bertz CT molecular complexity index is 621. The maximum atomic E-state index is 12.3. The Kier molecular flexibility index (Phi) is 4.56. The van der Waals surface area contributed by atoms with E-state index in [4.69, 9.17) is 4.52 Å². The number of rotatable bonds is 4. The van der Waals surface area contributed by atoms with Crippen molar-refractivity contribution in [3.05, 3.63) is 53.4 Å². The summed E-state index contributed by atoms with van der Waals surface area (Å²) >= 11 is 0. The summed E-state index contributed by atoms with van der Waals surface area (Å²) in [6.07, 6.45) is 3.39. The van der Waals surface area contributed by atoms with Crippen LogP contribution in [0.4, 0.5) is 0 Å². The van der Waals surface area contributed by atoms with Gasteiger partial charge in [-0.1, -0.05) is 42.4 Å². The largest absolute Gasteiger partial charge is 0.359 e. The second-order valence-electron chi connectivity index (χ2n) is 5.89. The van der Waals surface area contributed by atoms with Crippen molar-refractivity contribution >= 4 is 5.91 Å². The molecule has 0 spiro atoms. The molecule has 1 aliphatic rings. The Morgan fingerprint density at radius 1 is 1.27 bits per heavy atom. The number of hydrogen-bond donors (Lipinski definition) is 0. The number of benzene rings is 1. The van der Waals surface area contributed by atoms with Crippen LogP contribution in [0.15, 0.2) is 40.9 Å². The maximum absolute atomic E-state index is 12.3. The molecule has 1 unspecified atom stereocenters. The van der Waals surface area contributed by atoms with Crippen molar-refractivity contribution in [2.24, 2.45) is 0 Å². The third-order valence-corrected chi connectivity index (χ3v) is 4.39. The van der Waals surface area contributed by atoms with Crippen LogP contribution in [0.1, 0.15) is 49.1 Å². The molecule has 3 rings (SSSR count). The van der Waals surface area contributed by atoms with E-state index in [0.29, 0.717) is 18.9 Å². The van der Waals surface area contributed by atoms with Crippen LogP contribution in [0.25, 0.3) is 0 Å². The van der Waals surface area contributed by atoms with Gasteiger partial charge < -0.3 is 9.42 Å². The Labute approximate surface area is 131 Å². The molecule has 1 amide bonds. The van der Waals surface area contributed by atoms with Gasteiger partial charge in [-0.2, -0.15) is 0 Å². The summed E-state index contributed by atoms with van der Waals surface area (Å²) in [5.74, 6) is 1.47. The molecule has 2 aromatic rings. The molecule has 0 bridgehead atoms. The van der Waals surface area contributed by atoms with Crippen LogP contribution >= 0.6 is 0 Å². The normalized spacial score (nSPS) is 19.2. The van der Waals surface area contributed by atoms with Crippen molar-refractivity contribution in [2.45, 2.75) is 45.1 Å². The SMILES string of the molecule is CCc1cc(CN2CCC(c3ccccc3)CCC2=O)on1. The van der Waals surface area contributed by atoms with Crippen LogP contribution in [0.5, 0.6) is 0 Å². The van der Waals surface area contributed by atoms with E-state index in [1.165, 1.54) is 5.56 Å². The van der Waals surface area contributed by atoms with Crippen molar-refractivity contribution in [1.29, 1.82) is 0 Å². The van der Waals surface area contributed by atoms with Gasteiger partial charge in [-0.25, -0.2) is 0 Å². The van der Waals surface area contributed by atoms with Gasteiger partial charge in [-0.3, -0.25) is 4.79 Å². The lowest BCUT2D eigenvalue weighted by Gasteiger charge is -2.19. The second-order valence-corrected chi connectivity index (χ2v) is 5.89. The fraction of sp³-hybridized carbons (Fsp3) is 0.444. The van der Waals surface area contributed by atoms with Crippen molar-refractivity contribution in [2.75, 3.05) is 6.54 Å². The molecule has 2 heterocycles. The number of likely N-dealkylation sites (tertiary alicyclic amines) is 1. The van der Waals surface area contributed by atoms with Gasteiger partial charge in [0.05, 0.1) is 12.2 Å². The van der Waals surface area contributed by atoms with Gasteiger partial charge >= 0.3 is 0 Å². The van der Waals surface area contributed by atoms with Gasteiger partial charge in [-0.15, -0.1) is 0 Å². The molecule has 1 atom stereocenters. The number of carbonyl (C=O) groups is 1. The molecule has 116 valence electrons. The molecule has 1 saturated heterocycles. The van der Waals surface area contributed by atoms with Crippen molar-refractivity contribution in [1.82, 2.24) is 10.1 Å². The summed E-state index contributed by atoms with van der Waals surface area (Å²) in [7, 11) is 0. The zero-order valence-corrected chi connectivity index (χ0v) is 13.0. The van der Waals surface area contributed by atoms with Gasteiger partial charge in [0.15, 0.2) is 5.76 Å². The molecule has 4 heteroatoms. The van der Waals surface area contributed by atoms with Crippen LogP contribution in [-0.4, -0.2) is 22.5 Å². The number of hydrogen-bond acceptors (Lipinski definition) is 3. The van der Waals surface area contributed by atoms with E-state index in [2.05, 4.69) is 29.4 Å². The average molecular weight is 298 g/mol. The van der Waals surface area contributed by atoms with Gasteiger partial charge in [-0.05, 0) is 30.7 Å². The van der Waals surface area contributed by atoms with E-state index < -0.39 is 0 Å². The van der Waals surface area contributed by atoms with Crippen LogP contribution in [0.3, 0.4) is 0 Å². The van der Waals surface area contributed by atoms with E-state index in [1.54, 1.807) is 0 Å². The predicted molar refractivity (Wildman–Crippen MR) is 84.3 cm³/mol. The number of amides is 1. The summed E-state index contributed by atoms with van der Waals surface area (Å²) < 4.78 is 5.32. The number of carbonyl (C=O) groups excluding carboxylic acids is 1. The number of nitrogens with zero attached hydrogens (tertiary/aromatic N) is 2. The van der Waals surface area contributed by atoms with Crippen LogP contribution in [0, 0.1) is 0 Å². The highest BCUT2D eigenvalue weighted by Gasteiger charge is 2.24.